The van der Waals surface area contributed by atoms with Crippen LogP contribution < -0.4 is 0 Å². The number of carbonyl (C=O) groups is 1. The highest BCUT2D eigenvalue weighted by atomic mass is 32.2. The standard InChI is InChI=1S/C12H17N3O4S/c16-12(17)11-5-8-3-1-2-4-10(8)15(11)20(18,19)9-6-13-14-7-9/h6-8,10-11H,1-5H2,(H,13,14)(H,16,17). The van der Waals surface area contributed by atoms with Crippen LogP contribution in [-0.2, 0) is 14.8 Å². The van der Waals surface area contributed by atoms with E-state index in [9.17, 15) is 18.3 Å². The molecule has 3 atom stereocenters. The third-order valence-corrected chi connectivity index (χ3v) is 6.26. The summed E-state index contributed by atoms with van der Waals surface area (Å²) < 4.78 is 26.5. The highest BCUT2D eigenvalue weighted by Gasteiger charge is 2.51. The van der Waals surface area contributed by atoms with E-state index in [4.69, 9.17) is 0 Å². The third-order valence-electron chi connectivity index (χ3n) is 4.36. The van der Waals surface area contributed by atoms with Crippen LogP contribution in [0.1, 0.15) is 32.1 Å². The van der Waals surface area contributed by atoms with Crippen LogP contribution in [0.5, 0.6) is 0 Å². The molecule has 0 spiro atoms. The van der Waals surface area contributed by atoms with Gasteiger partial charge in [-0.15, -0.1) is 0 Å². The molecule has 1 saturated heterocycles. The Morgan fingerprint density at radius 1 is 1.40 bits per heavy atom. The van der Waals surface area contributed by atoms with Gasteiger partial charge in [0.05, 0.1) is 6.20 Å². The van der Waals surface area contributed by atoms with E-state index in [0.29, 0.717) is 6.42 Å². The Hall–Kier alpha value is -1.41. The van der Waals surface area contributed by atoms with Gasteiger partial charge in [-0.3, -0.25) is 9.89 Å². The first-order valence-electron chi connectivity index (χ1n) is 6.77. The molecule has 1 aliphatic carbocycles. The van der Waals surface area contributed by atoms with Crippen molar-refractivity contribution in [2.75, 3.05) is 0 Å². The Kier molecular flexibility index (Phi) is 3.29. The number of carboxylic acids is 1. The maximum Gasteiger partial charge on any atom is 0.322 e. The summed E-state index contributed by atoms with van der Waals surface area (Å²) in [6.45, 7) is 0. The molecule has 2 N–H and O–H groups in total. The third kappa shape index (κ3) is 2.03. The summed E-state index contributed by atoms with van der Waals surface area (Å²) in [7, 11) is -3.80. The number of rotatable bonds is 3. The Morgan fingerprint density at radius 3 is 2.80 bits per heavy atom. The van der Waals surface area contributed by atoms with Gasteiger partial charge in [-0.1, -0.05) is 12.8 Å². The fourth-order valence-electron chi connectivity index (χ4n) is 3.48. The first-order chi connectivity index (χ1) is 9.51. The van der Waals surface area contributed by atoms with Crippen LogP contribution in [0, 0.1) is 5.92 Å². The number of aromatic nitrogens is 2. The number of sulfonamides is 1. The van der Waals surface area contributed by atoms with E-state index in [1.54, 1.807) is 0 Å². The number of nitrogens with zero attached hydrogens (tertiary/aromatic N) is 2. The van der Waals surface area contributed by atoms with Crippen molar-refractivity contribution in [1.82, 2.24) is 14.5 Å². The number of hydrogen-bond donors (Lipinski definition) is 2. The van der Waals surface area contributed by atoms with Crippen molar-refractivity contribution in [3.8, 4) is 0 Å². The van der Waals surface area contributed by atoms with Crippen LogP contribution in [0.2, 0.25) is 0 Å². The molecular formula is C12H17N3O4S. The number of nitrogens with one attached hydrogen (secondary N) is 1. The van der Waals surface area contributed by atoms with Crippen molar-refractivity contribution in [2.45, 2.75) is 49.1 Å². The quantitative estimate of drug-likeness (QED) is 0.860. The van der Waals surface area contributed by atoms with E-state index < -0.39 is 22.0 Å². The normalized spacial score (nSPS) is 31.1. The van der Waals surface area contributed by atoms with Crippen LogP contribution in [0.3, 0.4) is 0 Å². The second-order valence-corrected chi connectivity index (χ2v) is 7.31. The second-order valence-electron chi connectivity index (χ2n) is 5.47. The van der Waals surface area contributed by atoms with Gasteiger partial charge in [0.15, 0.2) is 0 Å². The number of aromatic amines is 1. The van der Waals surface area contributed by atoms with Gasteiger partial charge in [-0.25, -0.2) is 8.42 Å². The molecule has 7 nitrogen and oxygen atoms in total. The van der Waals surface area contributed by atoms with E-state index in [2.05, 4.69) is 10.2 Å². The molecule has 0 radical (unpaired) electrons. The van der Waals surface area contributed by atoms with Crippen molar-refractivity contribution < 1.29 is 18.3 Å². The molecule has 1 aromatic heterocycles. The minimum absolute atomic E-state index is 0.0370. The molecule has 0 bridgehead atoms. The summed E-state index contributed by atoms with van der Waals surface area (Å²) >= 11 is 0. The van der Waals surface area contributed by atoms with Gasteiger partial charge in [0.2, 0.25) is 10.0 Å². The second kappa shape index (κ2) is 4.85. The Balaban J connectivity index is 2.01. The van der Waals surface area contributed by atoms with E-state index in [0.717, 1.165) is 25.7 Å². The zero-order chi connectivity index (χ0) is 14.3. The predicted molar refractivity (Wildman–Crippen MR) is 69.4 cm³/mol. The SMILES string of the molecule is O=C(O)C1CC2CCCCC2N1S(=O)(=O)c1cn[nH]c1. The molecular weight excluding hydrogens is 282 g/mol. The molecule has 1 aromatic rings. The van der Waals surface area contributed by atoms with E-state index in [-0.39, 0.29) is 16.9 Å². The lowest BCUT2D eigenvalue weighted by atomic mass is 9.85. The van der Waals surface area contributed by atoms with Crippen LogP contribution >= 0.6 is 0 Å². The minimum Gasteiger partial charge on any atom is -0.480 e. The number of H-pyrrole nitrogens is 1. The van der Waals surface area contributed by atoms with Crippen LogP contribution in [0.4, 0.5) is 0 Å². The van der Waals surface area contributed by atoms with E-state index >= 15 is 0 Å². The van der Waals surface area contributed by atoms with Gasteiger partial charge in [0.1, 0.15) is 10.9 Å². The molecule has 2 fully saturated rings. The lowest BCUT2D eigenvalue weighted by molar-refractivity contribution is -0.141. The zero-order valence-corrected chi connectivity index (χ0v) is 11.7. The molecule has 3 rings (SSSR count). The number of hydrogen-bond acceptors (Lipinski definition) is 4. The van der Waals surface area contributed by atoms with Gasteiger partial charge in [0, 0.05) is 12.2 Å². The molecule has 2 heterocycles. The zero-order valence-electron chi connectivity index (χ0n) is 10.9. The molecule has 1 aliphatic heterocycles. The van der Waals surface area contributed by atoms with Gasteiger partial charge >= 0.3 is 5.97 Å². The first-order valence-corrected chi connectivity index (χ1v) is 8.21. The summed E-state index contributed by atoms with van der Waals surface area (Å²) in [6, 6.07) is -1.15. The van der Waals surface area contributed by atoms with Gasteiger partial charge in [0.25, 0.3) is 0 Å². The molecule has 110 valence electrons. The Bertz CT molecular complexity index is 598. The monoisotopic (exact) mass is 299 g/mol. The summed E-state index contributed by atoms with van der Waals surface area (Å²) in [5.74, 6) is -0.905. The Labute approximate surface area is 117 Å². The fourth-order valence-corrected chi connectivity index (χ4v) is 5.25. The van der Waals surface area contributed by atoms with Gasteiger partial charge < -0.3 is 5.11 Å². The van der Waals surface area contributed by atoms with E-state index in [1.165, 1.54) is 16.7 Å². The van der Waals surface area contributed by atoms with Gasteiger partial charge in [-0.05, 0) is 25.2 Å². The summed E-state index contributed by atoms with van der Waals surface area (Å²) in [4.78, 5) is 11.5. The largest absolute Gasteiger partial charge is 0.480 e. The van der Waals surface area contributed by atoms with Crippen molar-refractivity contribution in [3.05, 3.63) is 12.4 Å². The summed E-state index contributed by atoms with van der Waals surface area (Å²) in [5.41, 5.74) is 0. The van der Waals surface area contributed by atoms with E-state index in [1.807, 2.05) is 0 Å². The van der Waals surface area contributed by atoms with Crippen molar-refractivity contribution >= 4 is 16.0 Å². The van der Waals surface area contributed by atoms with Crippen LogP contribution in [0.15, 0.2) is 17.3 Å². The lowest BCUT2D eigenvalue weighted by Gasteiger charge is -2.31. The highest BCUT2D eigenvalue weighted by molar-refractivity contribution is 7.89. The molecule has 1 saturated carbocycles. The fraction of sp³-hybridized carbons (Fsp3) is 0.667. The van der Waals surface area contributed by atoms with Gasteiger partial charge in [-0.2, -0.15) is 9.40 Å². The molecule has 20 heavy (non-hydrogen) atoms. The average Bonchev–Trinajstić information content (AvgIpc) is 3.06. The first kappa shape index (κ1) is 13.6. The van der Waals surface area contributed by atoms with Crippen molar-refractivity contribution in [3.63, 3.8) is 0 Å². The number of fused-ring (bicyclic) bond motifs is 1. The number of carboxylic acid groups (broad SMARTS) is 1. The molecule has 8 heteroatoms. The van der Waals surface area contributed by atoms with Crippen LogP contribution in [-0.4, -0.2) is 46.1 Å². The summed E-state index contributed by atoms with van der Waals surface area (Å²) in [6.07, 6.45) is 6.58. The molecule has 0 aromatic carbocycles. The minimum atomic E-state index is -3.80. The highest BCUT2D eigenvalue weighted by Crippen LogP contribution is 2.42. The molecule has 0 amide bonds. The predicted octanol–water partition coefficient (Wildman–Crippen LogP) is 0.816. The maximum atomic E-state index is 12.7. The number of aliphatic carboxylic acids is 1. The molecule has 3 unspecified atom stereocenters. The lowest BCUT2D eigenvalue weighted by Crippen LogP contribution is -2.45. The average molecular weight is 299 g/mol. The van der Waals surface area contributed by atoms with Crippen molar-refractivity contribution in [1.29, 1.82) is 0 Å². The smallest absolute Gasteiger partial charge is 0.322 e. The Morgan fingerprint density at radius 2 is 2.15 bits per heavy atom. The van der Waals surface area contributed by atoms with Crippen molar-refractivity contribution in [2.24, 2.45) is 5.92 Å². The maximum absolute atomic E-state index is 12.7. The molecule has 2 aliphatic rings. The summed E-state index contributed by atoms with van der Waals surface area (Å²) in [5, 5.41) is 15.5. The topological polar surface area (TPSA) is 103 Å². The van der Waals surface area contributed by atoms with Crippen LogP contribution in [0.25, 0.3) is 0 Å².